The van der Waals surface area contributed by atoms with Gasteiger partial charge in [0.1, 0.15) is 11.9 Å². The minimum atomic E-state index is -0.507. The first-order chi connectivity index (χ1) is 16.1. The summed E-state index contributed by atoms with van der Waals surface area (Å²) in [7, 11) is 0. The van der Waals surface area contributed by atoms with E-state index in [4.69, 9.17) is 0 Å². The number of hydrogen-bond acceptors (Lipinski definition) is 4. The van der Waals surface area contributed by atoms with Gasteiger partial charge in [0.2, 0.25) is 5.91 Å². The van der Waals surface area contributed by atoms with Crippen molar-refractivity contribution in [1.82, 2.24) is 9.55 Å². The first-order valence-electron chi connectivity index (χ1n) is 11.8. The van der Waals surface area contributed by atoms with Gasteiger partial charge < -0.3 is 10.4 Å². The number of aliphatic hydroxyl groups is 1. The van der Waals surface area contributed by atoms with Gasteiger partial charge >= 0.3 is 0 Å². The molecule has 1 saturated carbocycles. The second kappa shape index (κ2) is 9.32. The Hall–Kier alpha value is -3.25. The number of fused-ring (bicyclic) bond motifs is 1. The van der Waals surface area contributed by atoms with E-state index >= 15 is 0 Å². The Labute approximate surface area is 193 Å². The number of carbonyl (C=O) groups is 1. The van der Waals surface area contributed by atoms with E-state index in [-0.39, 0.29) is 11.5 Å². The molecule has 6 nitrogen and oxygen atoms in total. The average molecular weight is 444 g/mol. The number of aliphatic hydroxyl groups excluding tert-OH is 1. The van der Waals surface area contributed by atoms with Crippen LogP contribution in [0.3, 0.4) is 0 Å². The fraction of sp³-hybridized carbons (Fsp3) is 0.370. The van der Waals surface area contributed by atoms with Crippen LogP contribution < -0.4 is 10.9 Å². The second-order valence-electron chi connectivity index (χ2n) is 9.31. The Morgan fingerprint density at radius 1 is 1.06 bits per heavy atom. The maximum Gasteiger partial charge on any atom is 0.254 e. The summed E-state index contributed by atoms with van der Waals surface area (Å²) in [6.07, 6.45) is 6.51. The number of nitrogens with one attached hydrogen (secondary N) is 1. The van der Waals surface area contributed by atoms with Crippen LogP contribution in [-0.4, -0.2) is 20.6 Å². The van der Waals surface area contributed by atoms with E-state index in [9.17, 15) is 14.7 Å². The van der Waals surface area contributed by atoms with Gasteiger partial charge in [0.15, 0.2) is 0 Å². The van der Waals surface area contributed by atoms with Gasteiger partial charge in [-0.15, -0.1) is 0 Å². The summed E-state index contributed by atoms with van der Waals surface area (Å²) in [6.45, 7) is 0. The molecule has 0 bridgehead atoms. The SMILES string of the molecule is O=C(Nc1ccc(CC2CC[C@H]([C@H](O)c3ccccc3)C2)cc1)C1CCc2nccc(=O)n21. The van der Waals surface area contributed by atoms with E-state index in [1.807, 2.05) is 42.5 Å². The molecule has 2 aromatic carbocycles. The van der Waals surface area contributed by atoms with Crippen molar-refractivity contribution in [1.29, 1.82) is 0 Å². The monoisotopic (exact) mass is 443 g/mol. The predicted octanol–water partition coefficient (Wildman–Crippen LogP) is 4.06. The van der Waals surface area contributed by atoms with Crippen LogP contribution in [-0.2, 0) is 17.6 Å². The number of benzene rings is 2. The number of rotatable bonds is 6. The summed E-state index contributed by atoms with van der Waals surface area (Å²) in [6, 6.07) is 18.8. The Morgan fingerprint density at radius 3 is 2.64 bits per heavy atom. The van der Waals surface area contributed by atoms with E-state index in [0.29, 0.717) is 30.5 Å². The molecule has 2 unspecified atom stereocenters. The molecule has 6 heteroatoms. The van der Waals surface area contributed by atoms with Crippen LogP contribution in [0.5, 0.6) is 0 Å². The number of nitrogens with zero attached hydrogens (tertiary/aromatic N) is 2. The fourth-order valence-corrected chi connectivity index (χ4v) is 5.41. The molecule has 1 aromatic heterocycles. The lowest BCUT2D eigenvalue weighted by atomic mass is 9.91. The van der Waals surface area contributed by atoms with Gasteiger partial charge in [-0.3, -0.25) is 14.2 Å². The Bertz CT molecular complexity index is 1170. The van der Waals surface area contributed by atoms with Gasteiger partial charge in [-0.25, -0.2) is 4.98 Å². The summed E-state index contributed by atoms with van der Waals surface area (Å²) in [5.41, 5.74) is 2.80. The topological polar surface area (TPSA) is 84.2 Å². The summed E-state index contributed by atoms with van der Waals surface area (Å²) in [5, 5.41) is 13.7. The zero-order valence-corrected chi connectivity index (χ0v) is 18.6. The number of hydrogen-bond donors (Lipinski definition) is 2. The van der Waals surface area contributed by atoms with E-state index in [1.165, 1.54) is 22.4 Å². The van der Waals surface area contributed by atoms with Crippen LogP contribution in [0.1, 0.15) is 54.8 Å². The average Bonchev–Trinajstić information content (AvgIpc) is 3.49. The molecule has 1 aliphatic heterocycles. The van der Waals surface area contributed by atoms with Crippen LogP contribution in [0.15, 0.2) is 71.7 Å². The largest absolute Gasteiger partial charge is 0.388 e. The molecule has 2 aliphatic rings. The zero-order chi connectivity index (χ0) is 22.8. The molecule has 5 rings (SSSR count). The molecule has 4 atom stereocenters. The van der Waals surface area contributed by atoms with Gasteiger partial charge in [0.25, 0.3) is 5.56 Å². The van der Waals surface area contributed by atoms with Crippen LogP contribution in [0, 0.1) is 11.8 Å². The zero-order valence-electron chi connectivity index (χ0n) is 18.6. The fourth-order valence-electron chi connectivity index (χ4n) is 5.41. The highest BCUT2D eigenvalue weighted by Crippen LogP contribution is 2.40. The molecule has 2 N–H and O–H groups in total. The van der Waals surface area contributed by atoms with Crippen LogP contribution in [0.2, 0.25) is 0 Å². The molecule has 0 spiro atoms. The molecule has 170 valence electrons. The van der Waals surface area contributed by atoms with Gasteiger partial charge in [-0.1, -0.05) is 42.5 Å². The van der Waals surface area contributed by atoms with Crippen molar-refractivity contribution < 1.29 is 9.90 Å². The van der Waals surface area contributed by atoms with Gasteiger partial charge in [-0.05, 0) is 67.2 Å². The summed E-state index contributed by atoms with van der Waals surface area (Å²) >= 11 is 0. The number of amides is 1. The number of aryl methyl sites for hydroxylation is 1. The summed E-state index contributed by atoms with van der Waals surface area (Å²) in [5.74, 6) is 1.36. The highest BCUT2D eigenvalue weighted by molar-refractivity contribution is 5.94. The summed E-state index contributed by atoms with van der Waals surface area (Å²) < 4.78 is 1.50. The van der Waals surface area contributed by atoms with Crippen molar-refractivity contribution in [2.24, 2.45) is 11.8 Å². The third kappa shape index (κ3) is 4.62. The third-order valence-electron chi connectivity index (χ3n) is 7.13. The first-order valence-corrected chi connectivity index (χ1v) is 11.8. The molecule has 33 heavy (non-hydrogen) atoms. The van der Waals surface area contributed by atoms with Crippen molar-refractivity contribution >= 4 is 11.6 Å². The van der Waals surface area contributed by atoms with Gasteiger partial charge in [-0.2, -0.15) is 0 Å². The van der Waals surface area contributed by atoms with E-state index in [2.05, 4.69) is 22.4 Å². The Balaban J connectivity index is 1.17. The molecule has 1 aliphatic carbocycles. The highest BCUT2D eigenvalue weighted by Gasteiger charge is 2.31. The molecule has 2 heterocycles. The number of aromatic nitrogens is 2. The molecular weight excluding hydrogens is 414 g/mol. The van der Waals surface area contributed by atoms with Gasteiger partial charge in [0.05, 0.1) is 6.10 Å². The lowest BCUT2D eigenvalue weighted by molar-refractivity contribution is -0.119. The van der Waals surface area contributed by atoms with Gasteiger partial charge in [0, 0.05) is 24.4 Å². The lowest BCUT2D eigenvalue weighted by Crippen LogP contribution is -2.31. The smallest absolute Gasteiger partial charge is 0.254 e. The quantitative estimate of drug-likeness (QED) is 0.602. The number of carbonyl (C=O) groups excluding carboxylic acids is 1. The van der Waals surface area contributed by atoms with Crippen molar-refractivity contribution in [3.63, 3.8) is 0 Å². The normalized spacial score (nSPS) is 22.6. The number of anilines is 1. The predicted molar refractivity (Wildman–Crippen MR) is 127 cm³/mol. The maximum absolute atomic E-state index is 12.8. The third-order valence-corrected chi connectivity index (χ3v) is 7.13. The van der Waals surface area contributed by atoms with Crippen LogP contribution in [0.25, 0.3) is 0 Å². The molecular formula is C27H29N3O3. The first kappa shape index (κ1) is 21.6. The Morgan fingerprint density at radius 2 is 1.85 bits per heavy atom. The molecule has 0 radical (unpaired) electrons. The van der Waals surface area contributed by atoms with Crippen molar-refractivity contribution in [2.75, 3.05) is 5.32 Å². The van der Waals surface area contributed by atoms with Crippen molar-refractivity contribution in [2.45, 2.75) is 50.7 Å². The minimum absolute atomic E-state index is 0.176. The lowest BCUT2D eigenvalue weighted by Gasteiger charge is -2.19. The highest BCUT2D eigenvalue weighted by atomic mass is 16.3. The molecule has 1 fully saturated rings. The molecule has 0 saturated heterocycles. The van der Waals surface area contributed by atoms with E-state index in [0.717, 1.165) is 36.9 Å². The van der Waals surface area contributed by atoms with Crippen molar-refractivity contribution in [3.05, 3.63) is 94.2 Å². The van der Waals surface area contributed by atoms with Crippen LogP contribution >= 0.6 is 0 Å². The summed E-state index contributed by atoms with van der Waals surface area (Å²) in [4.78, 5) is 29.2. The molecule has 1 amide bonds. The maximum atomic E-state index is 12.8. The van der Waals surface area contributed by atoms with Crippen molar-refractivity contribution in [3.8, 4) is 0 Å². The van der Waals surface area contributed by atoms with Crippen LogP contribution in [0.4, 0.5) is 5.69 Å². The van der Waals surface area contributed by atoms with E-state index in [1.54, 1.807) is 0 Å². The Kier molecular flexibility index (Phi) is 6.09. The standard InChI is InChI=1S/C27H29N3O3/c31-25-14-15-28-24-13-12-23(30(24)25)27(33)29-22-10-7-18(8-11-22)16-19-6-9-21(17-19)26(32)20-4-2-1-3-5-20/h1-5,7-8,10-11,14-15,19,21,23,26,32H,6,9,12-13,16-17H2,(H,29,33)/t19?,21-,23?,26+/m0/s1. The molecule has 3 aromatic rings. The second-order valence-corrected chi connectivity index (χ2v) is 9.31. The van der Waals surface area contributed by atoms with E-state index < -0.39 is 12.1 Å². The minimum Gasteiger partial charge on any atom is -0.388 e.